The zero-order valence-corrected chi connectivity index (χ0v) is 16.4. The van der Waals surface area contributed by atoms with Crippen molar-refractivity contribution in [2.24, 2.45) is 0 Å². The largest absolute Gasteiger partial charge is 0.454 e. The molecule has 1 fully saturated rings. The normalized spacial score (nSPS) is 20.6. The van der Waals surface area contributed by atoms with Crippen molar-refractivity contribution in [1.82, 2.24) is 9.29 Å². The molecule has 9 heteroatoms. The smallest absolute Gasteiger partial charge is 0.338 e. The zero-order valence-electron chi connectivity index (χ0n) is 15.6. The summed E-state index contributed by atoms with van der Waals surface area (Å²) in [6.07, 6.45) is 1.16. The topological polar surface area (TPSA) is 106 Å². The van der Waals surface area contributed by atoms with E-state index in [1.807, 2.05) is 13.8 Å². The Kier molecular flexibility index (Phi) is 5.97. The van der Waals surface area contributed by atoms with Crippen LogP contribution in [0.5, 0.6) is 0 Å². The number of ketones is 1. The van der Waals surface area contributed by atoms with Gasteiger partial charge in [-0.05, 0) is 44.2 Å². The minimum atomic E-state index is -3.78. The molecule has 0 bridgehead atoms. The molecule has 2 heterocycles. The van der Waals surface area contributed by atoms with Crippen molar-refractivity contribution in [2.45, 2.75) is 31.0 Å². The Morgan fingerprint density at radius 2 is 1.89 bits per heavy atom. The van der Waals surface area contributed by atoms with Crippen LogP contribution in [0.15, 0.2) is 47.5 Å². The summed E-state index contributed by atoms with van der Waals surface area (Å²) in [4.78, 5) is 26.9. The summed E-state index contributed by atoms with van der Waals surface area (Å²) in [5, 5.41) is 0. The summed E-state index contributed by atoms with van der Waals surface area (Å²) in [5.74, 6) is -1.14. The van der Waals surface area contributed by atoms with E-state index in [1.54, 1.807) is 18.3 Å². The van der Waals surface area contributed by atoms with E-state index in [-0.39, 0.29) is 41.5 Å². The number of benzene rings is 1. The second-order valence-corrected chi connectivity index (χ2v) is 8.63. The first kappa shape index (κ1) is 20.2. The van der Waals surface area contributed by atoms with E-state index in [0.29, 0.717) is 5.69 Å². The highest BCUT2D eigenvalue weighted by molar-refractivity contribution is 7.89. The number of aromatic amines is 1. The van der Waals surface area contributed by atoms with Crippen LogP contribution >= 0.6 is 0 Å². The molecule has 1 N–H and O–H groups in total. The second-order valence-electron chi connectivity index (χ2n) is 6.69. The quantitative estimate of drug-likeness (QED) is 0.580. The van der Waals surface area contributed by atoms with Gasteiger partial charge < -0.3 is 14.5 Å². The summed E-state index contributed by atoms with van der Waals surface area (Å²) in [6, 6.07) is 8.86. The summed E-state index contributed by atoms with van der Waals surface area (Å²) in [6.45, 7) is 3.67. The first-order valence-electron chi connectivity index (χ1n) is 8.87. The van der Waals surface area contributed by atoms with E-state index < -0.39 is 22.6 Å². The SMILES string of the molecule is C[C@@H]1CN(S(=O)(=O)c2cccc(C(=O)OCC(=O)c3ccc[nH]3)c2)C[C@@H](C)O1. The molecule has 1 saturated heterocycles. The Bertz CT molecular complexity index is 945. The highest BCUT2D eigenvalue weighted by atomic mass is 32.2. The van der Waals surface area contributed by atoms with Gasteiger partial charge in [0, 0.05) is 19.3 Å². The van der Waals surface area contributed by atoms with Crippen molar-refractivity contribution in [1.29, 1.82) is 0 Å². The van der Waals surface area contributed by atoms with Crippen LogP contribution in [0.2, 0.25) is 0 Å². The van der Waals surface area contributed by atoms with Crippen LogP contribution in [0.3, 0.4) is 0 Å². The molecule has 1 aliphatic rings. The molecule has 1 aliphatic heterocycles. The highest BCUT2D eigenvalue weighted by Crippen LogP contribution is 2.22. The Morgan fingerprint density at radius 3 is 2.54 bits per heavy atom. The van der Waals surface area contributed by atoms with Gasteiger partial charge in [0.25, 0.3) is 0 Å². The number of Topliss-reactive ketones (excluding diaryl/α,β-unsaturated/α-hetero) is 1. The molecule has 1 aromatic heterocycles. The zero-order chi connectivity index (χ0) is 20.3. The molecule has 2 atom stereocenters. The molecule has 0 unspecified atom stereocenters. The summed E-state index contributed by atoms with van der Waals surface area (Å²) < 4.78 is 37.8. The number of carbonyl (C=O) groups is 2. The molecule has 150 valence electrons. The molecule has 0 spiro atoms. The predicted octanol–water partition coefficient (Wildman–Crippen LogP) is 1.85. The van der Waals surface area contributed by atoms with Gasteiger partial charge >= 0.3 is 5.97 Å². The fourth-order valence-corrected chi connectivity index (χ4v) is 4.69. The molecule has 8 nitrogen and oxygen atoms in total. The lowest BCUT2D eigenvalue weighted by Gasteiger charge is -2.34. The van der Waals surface area contributed by atoms with E-state index in [4.69, 9.17) is 9.47 Å². The molecule has 28 heavy (non-hydrogen) atoms. The summed E-state index contributed by atoms with van der Waals surface area (Å²) in [7, 11) is -3.78. The molecule has 3 rings (SSSR count). The van der Waals surface area contributed by atoms with E-state index in [0.717, 1.165) is 0 Å². The van der Waals surface area contributed by atoms with Gasteiger partial charge in [0.2, 0.25) is 15.8 Å². The number of hydrogen-bond donors (Lipinski definition) is 1. The van der Waals surface area contributed by atoms with Gasteiger partial charge in [0.05, 0.1) is 28.4 Å². The number of rotatable bonds is 6. The minimum Gasteiger partial charge on any atom is -0.454 e. The van der Waals surface area contributed by atoms with Gasteiger partial charge in [-0.2, -0.15) is 4.31 Å². The number of hydrogen-bond acceptors (Lipinski definition) is 6. The average molecular weight is 406 g/mol. The number of aromatic nitrogens is 1. The fraction of sp³-hybridized carbons (Fsp3) is 0.368. The van der Waals surface area contributed by atoms with Crippen LogP contribution in [0.4, 0.5) is 0 Å². The Balaban J connectivity index is 1.72. The number of sulfonamides is 1. The van der Waals surface area contributed by atoms with Gasteiger partial charge in [-0.25, -0.2) is 13.2 Å². The monoisotopic (exact) mass is 406 g/mol. The Labute approximate surface area is 163 Å². The number of morpholine rings is 1. The maximum atomic E-state index is 12.9. The number of nitrogens with one attached hydrogen (secondary N) is 1. The van der Waals surface area contributed by atoms with Crippen molar-refractivity contribution in [3.63, 3.8) is 0 Å². The molecule has 1 aromatic carbocycles. The Morgan fingerprint density at radius 1 is 1.18 bits per heavy atom. The molecule has 0 aliphatic carbocycles. The predicted molar refractivity (Wildman–Crippen MR) is 101 cm³/mol. The number of ether oxygens (including phenoxy) is 2. The van der Waals surface area contributed by atoms with Gasteiger partial charge in [0.15, 0.2) is 6.61 Å². The van der Waals surface area contributed by atoms with E-state index in [2.05, 4.69) is 4.98 Å². The Hall–Kier alpha value is -2.49. The van der Waals surface area contributed by atoms with Crippen molar-refractivity contribution in [3.8, 4) is 0 Å². The van der Waals surface area contributed by atoms with Gasteiger partial charge in [-0.3, -0.25) is 4.79 Å². The molecule has 2 aromatic rings. The van der Waals surface area contributed by atoms with Gasteiger partial charge in [0.1, 0.15) is 0 Å². The fourth-order valence-electron chi connectivity index (χ4n) is 3.06. The first-order valence-corrected chi connectivity index (χ1v) is 10.3. The van der Waals surface area contributed by atoms with Gasteiger partial charge in [-0.1, -0.05) is 6.07 Å². The second kappa shape index (κ2) is 8.26. The number of carbonyl (C=O) groups excluding carboxylic acids is 2. The third-order valence-electron chi connectivity index (χ3n) is 4.33. The average Bonchev–Trinajstić information content (AvgIpc) is 3.20. The molecule has 0 saturated carbocycles. The van der Waals surface area contributed by atoms with Crippen LogP contribution < -0.4 is 0 Å². The van der Waals surface area contributed by atoms with Gasteiger partial charge in [-0.15, -0.1) is 0 Å². The standard InChI is InChI=1S/C19H22N2O6S/c1-13-10-21(11-14(2)27-13)28(24,25)16-6-3-5-15(9-16)19(23)26-12-18(22)17-7-4-8-20-17/h3-9,13-14,20H,10-12H2,1-2H3/t13-,14-/m1/s1. The molecule has 0 amide bonds. The van der Waals surface area contributed by atoms with Crippen LogP contribution in [0.25, 0.3) is 0 Å². The van der Waals surface area contributed by atoms with E-state index in [9.17, 15) is 18.0 Å². The molecular formula is C19H22N2O6S. The van der Waals surface area contributed by atoms with Crippen molar-refractivity contribution < 1.29 is 27.5 Å². The van der Waals surface area contributed by atoms with Crippen LogP contribution in [0.1, 0.15) is 34.7 Å². The lowest BCUT2D eigenvalue weighted by atomic mass is 10.2. The molecular weight excluding hydrogens is 384 g/mol. The number of H-pyrrole nitrogens is 1. The van der Waals surface area contributed by atoms with Crippen LogP contribution in [0, 0.1) is 0 Å². The number of nitrogens with zero attached hydrogens (tertiary/aromatic N) is 1. The van der Waals surface area contributed by atoms with Crippen molar-refractivity contribution in [3.05, 3.63) is 53.9 Å². The number of esters is 1. The summed E-state index contributed by atoms with van der Waals surface area (Å²) in [5.41, 5.74) is 0.398. The van der Waals surface area contributed by atoms with Crippen molar-refractivity contribution in [2.75, 3.05) is 19.7 Å². The maximum Gasteiger partial charge on any atom is 0.338 e. The maximum absolute atomic E-state index is 12.9. The van der Waals surface area contributed by atoms with E-state index in [1.165, 1.54) is 28.6 Å². The third kappa shape index (κ3) is 4.49. The lowest BCUT2D eigenvalue weighted by molar-refractivity contribution is -0.0440. The van der Waals surface area contributed by atoms with Crippen molar-refractivity contribution >= 4 is 21.8 Å². The van der Waals surface area contributed by atoms with Crippen LogP contribution in [-0.2, 0) is 19.5 Å². The van der Waals surface area contributed by atoms with E-state index >= 15 is 0 Å². The highest BCUT2D eigenvalue weighted by Gasteiger charge is 2.32. The van der Waals surface area contributed by atoms with Crippen LogP contribution in [-0.4, -0.2) is 61.4 Å². The first-order chi connectivity index (χ1) is 13.3. The third-order valence-corrected chi connectivity index (χ3v) is 6.15. The molecule has 0 radical (unpaired) electrons. The minimum absolute atomic E-state index is 0.000977. The summed E-state index contributed by atoms with van der Waals surface area (Å²) >= 11 is 0. The lowest BCUT2D eigenvalue weighted by Crippen LogP contribution is -2.48.